The maximum Gasteiger partial charge on any atom is 0.179 e. The zero-order valence-corrected chi connectivity index (χ0v) is 16.1. The van der Waals surface area contributed by atoms with Gasteiger partial charge in [-0.05, 0) is 42.2 Å². The number of anilines is 1. The molecular weight excluding hydrogens is 350 g/mol. The highest BCUT2D eigenvalue weighted by Gasteiger charge is 2.41. The van der Waals surface area contributed by atoms with Gasteiger partial charge in [0.2, 0.25) is 0 Å². The molecule has 0 aliphatic carbocycles. The second kappa shape index (κ2) is 7.01. The molecule has 1 N–H and O–H groups in total. The molecule has 2 aromatic rings. The van der Waals surface area contributed by atoms with Crippen molar-refractivity contribution < 1.29 is 14.2 Å². The Bertz CT molecular complexity index is 823. The van der Waals surface area contributed by atoms with Crippen LogP contribution in [0, 0.1) is 5.92 Å². The molecule has 0 saturated carbocycles. The first kappa shape index (κ1) is 17.5. The summed E-state index contributed by atoms with van der Waals surface area (Å²) in [6, 6.07) is 10.7. The van der Waals surface area contributed by atoms with Gasteiger partial charge in [0.25, 0.3) is 0 Å². The largest absolute Gasteiger partial charge is 0.493 e. The van der Waals surface area contributed by atoms with Crippen LogP contribution in [0.15, 0.2) is 30.3 Å². The lowest BCUT2D eigenvalue weighted by atomic mass is 9.80. The molecule has 4 nitrogen and oxygen atoms in total. The van der Waals surface area contributed by atoms with E-state index in [0.717, 1.165) is 30.7 Å². The predicted molar refractivity (Wildman–Crippen MR) is 104 cm³/mol. The normalized spacial score (nSPS) is 23.8. The van der Waals surface area contributed by atoms with Crippen molar-refractivity contribution in [2.24, 2.45) is 5.92 Å². The van der Waals surface area contributed by atoms with E-state index in [4.69, 9.17) is 25.8 Å². The van der Waals surface area contributed by atoms with Crippen molar-refractivity contribution in [3.05, 3.63) is 52.0 Å². The van der Waals surface area contributed by atoms with Gasteiger partial charge in [-0.25, -0.2) is 0 Å². The van der Waals surface area contributed by atoms with E-state index < -0.39 is 0 Å². The molecular formula is C21H24ClNO3. The molecule has 0 spiro atoms. The van der Waals surface area contributed by atoms with Crippen molar-refractivity contribution in [3.63, 3.8) is 0 Å². The minimum Gasteiger partial charge on any atom is -0.493 e. The number of fused-ring (bicyclic) bond motifs is 3. The van der Waals surface area contributed by atoms with Gasteiger partial charge in [0.05, 0.1) is 31.4 Å². The van der Waals surface area contributed by atoms with Gasteiger partial charge in [-0.2, -0.15) is 0 Å². The van der Waals surface area contributed by atoms with E-state index in [1.807, 2.05) is 12.1 Å². The Morgan fingerprint density at radius 1 is 1.19 bits per heavy atom. The van der Waals surface area contributed by atoms with Crippen LogP contribution in [0.4, 0.5) is 5.69 Å². The summed E-state index contributed by atoms with van der Waals surface area (Å²) < 4.78 is 17.0. The Kier molecular flexibility index (Phi) is 4.72. The van der Waals surface area contributed by atoms with Crippen molar-refractivity contribution >= 4 is 17.3 Å². The number of methoxy groups -OCH3 is 2. The van der Waals surface area contributed by atoms with Crippen LogP contribution in [0.1, 0.15) is 42.2 Å². The summed E-state index contributed by atoms with van der Waals surface area (Å²) in [4.78, 5) is 0. The lowest BCUT2D eigenvalue weighted by Crippen LogP contribution is -2.29. The molecule has 0 unspecified atom stereocenters. The first-order chi connectivity index (χ1) is 12.7. The van der Waals surface area contributed by atoms with E-state index in [2.05, 4.69) is 30.4 Å². The fourth-order valence-corrected chi connectivity index (χ4v) is 4.49. The van der Waals surface area contributed by atoms with Gasteiger partial charge in [-0.15, -0.1) is 0 Å². The summed E-state index contributed by atoms with van der Waals surface area (Å²) >= 11 is 6.45. The van der Waals surface area contributed by atoms with Crippen LogP contribution in [-0.4, -0.2) is 20.8 Å². The van der Waals surface area contributed by atoms with Crippen molar-refractivity contribution in [2.75, 3.05) is 26.1 Å². The monoisotopic (exact) mass is 373 g/mol. The zero-order valence-electron chi connectivity index (χ0n) is 15.3. The van der Waals surface area contributed by atoms with Crippen molar-refractivity contribution in [1.29, 1.82) is 0 Å². The van der Waals surface area contributed by atoms with Crippen LogP contribution in [0.2, 0.25) is 5.02 Å². The van der Waals surface area contributed by atoms with Crippen LogP contribution in [0.3, 0.4) is 0 Å². The van der Waals surface area contributed by atoms with E-state index in [9.17, 15) is 0 Å². The third kappa shape index (κ3) is 2.81. The number of ether oxygens (including phenoxy) is 3. The Labute approximate surface area is 159 Å². The van der Waals surface area contributed by atoms with Crippen molar-refractivity contribution in [3.8, 4) is 11.5 Å². The molecule has 0 radical (unpaired) electrons. The molecule has 26 heavy (non-hydrogen) atoms. The highest BCUT2D eigenvalue weighted by atomic mass is 35.5. The molecule has 0 amide bonds. The molecule has 4 rings (SSSR count). The molecule has 5 heteroatoms. The standard InChI is InChI=1S/C21H24ClNO3/c1-4-12-5-6-17-15(9-12)20-14(7-8-26-20)19(23-17)13-10-16(22)21(25-3)18(11-13)24-2/h5-6,9-11,14,19-20,23H,4,7-8H2,1-3H3/t14-,19-,20-/m0/s1. The van der Waals surface area contributed by atoms with Gasteiger partial charge >= 0.3 is 0 Å². The van der Waals surface area contributed by atoms with E-state index in [-0.39, 0.29) is 12.1 Å². The average molecular weight is 374 g/mol. The number of aryl methyl sites for hydroxylation is 1. The maximum absolute atomic E-state index is 6.45. The minimum atomic E-state index is 0.120. The maximum atomic E-state index is 6.45. The van der Waals surface area contributed by atoms with Crippen LogP contribution in [0.5, 0.6) is 11.5 Å². The molecule has 2 aliphatic rings. The average Bonchev–Trinajstić information content (AvgIpc) is 3.16. The van der Waals surface area contributed by atoms with E-state index in [1.54, 1.807) is 14.2 Å². The first-order valence-corrected chi connectivity index (χ1v) is 9.46. The number of hydrogen-bond donors (Lipinski definition) is 1. The van der Waals surface area contributed by atoms with Crippen LogP contribution < -0.4 is 14.8 Å². The van der Waals surface area contributed by atoms with E-state index >= 15 is 0 Å². The molecule has 1 fully saturated rings. The first-order valence-electron chi connectivity index (χ1n) is 9.08. The summed E-state index contributed by atoms with van der Waals surface area (Å²) in [5, 5.41) is 4.28. The second-order valence-electron chi connectivity index (χ2n) is 6.88. The quantitative estimate of drug-likeness (QED) is 0.803. The predicted octanol–water partition coefficient (Wildman–Crippen LogP) is 5.16. The topological polar surface area (TPSA) is 39.7 Å². The SMILES string of the molecule is CCc1ccc2c(c1)[C@H]1OCC[C@H]1[C@H](c1cc(Cl)c(OC)c(OC)c1)N2. The summed E-state index contributed by atoms with van der Waals surface area (Å²) in [7, 11) is 3.24. The molecule has 0 aromatic heterocycles. The van der Waals surface area contributed by atoms with Gasteiger partial charge in [-0.1, -0.05) is 30.7 Å². The Morgan fingerprint density at radius 3 is 2.77 bits per heavy atom. The highest BCUT2D eigenvalue weighted by Crippen LogP contribution is 2.51. The summed E-state index contributed by atoms with van der Waals surface area (Å²) in [5.41, 5.74) is 4.85. The zero-order chi connectivity index (χ0) is 18.3. The molecule has 2 aliphatic heterocycles. The number of hydrogen-bond acceptors (Lipinski definition) is 4. The van der Waals surface area contributed by atoms with Gasteiger partial charge in [0, 0.05) is 23.8 Å². The Balaban J connectivity index is 1.77. The smallest absolute Gasteiger partial charge is 0.179 e. The third-order valence-electron chi connectivity index (χ3n) is 5.52. The van der Waals surface area contributed by atoms with E-state index in [0.29, 0.717) is 22.4 Å². The Hall–Kier alpha value is -1.91. The highest BCUT2D eigenvalue weighted by molar-refractivity contribution is 6.32. The lowest BCUT2D eigenvalue weighted by molar-refractivity contribution is 0.0828. The summed E-state index contributed by atoms with van der Waals surface area (Å²) in [6.07, 6.45) is 2.17. The number of halogens is 1. The molecule has 138 valence electrons. The van der Waals surface area contributed by atoms with Crippen LogP contribution in [-0.2, 0) is 11.2 Å². The molecule has 2 heterocycles. The summed E-state index contributed by atoms with van der Waals surface area (Å²) in [5.74, 6) is 1.59. The molecule has 0 bridgehead atoms. The number of nitrogens with one attached hydrogen (secondary N) is 1. The van der Waals surface area contributed by atoms with Crippen molar-refractivity contribution in [2.45, 2.75) is 31.9 Å². The number of rotatable bonds is 4. The molecule has 1 saturated heterocycles. The van der Waals surface area contributed by atoms with E-state index in [1.165, 1.54) is 11.1 Å². The summed E-state index contributed by atoms with van der Waals surface area (Å²) in [6.45, 7) is 2.96. The molecule has 3 atom stereocenters. The van der Waals surface area contributed by atoms with Gasteiger partial charge in [-0.3, -0.25) is 0 Å². The lowest BCUT2D eigenvalue weighted by Gasteiger charge is -2.37. The van der Waals surface area contributed by atoms with Crippen LogP contribution in [0.25, 0.3) is 0 Å². The fraction of sp³-hybridized carbons (Fsp3) is 0.429. The third-order valence-corrected chi connectivity index (χ3v) is 5.80. The number of benzene rings is 2. The second-order valence-corrected chi connectivity index (χ2v) is 7.29. The van der Waals surface area contributed by atoms with Gasteiger partial charge in [0.15, 0.2) is 11.5 Å². The molecule has 2 aromatic carbocycles. The fourth-order valence-electron chi connectivity index (χ4n) is 4.19. The van der Waals surface area contributed by atoms with Crippen molar-refractivity contribution in [1.82, 2.24) is 0 Å². The van der Waals surface area contributed by atoms with Gasteiger partial charge in [0.1, 0.15) is 0 Å². The van der Waals surface area contributed by atoms with Gasteiger partial charge < -0.3 is 19.5 Å². The van der Waals surface area contributed by atoms with Crippen LogP contribution >= 0.6 is 11.6 Å². The minimum absolute atomic E-state index is 0.120. The Morgan fingerprint density at radius 2 is 2.04 bits per heavy atom.